The van der Waals surface area contributed by atoms with E-state index in [1.807, 2.05) is 50.2 Å². The number of hydrogen-bond donors (Lipinski definition) is 3. The number of benzene rings is 3. The molecule has 0 saturated carbocycles. The smallest absolute Gasteiger partial charge is 0.251 e. The molecule has 0 aliphatic carbocycles. The minimum absolute atomic E-state index is 0.134. The van der Waals surface area contributed by atoms with Gasteiger partial charge in [0.05, 0.1) is 25.0 Å². The van der Waals surface area contributed by atoms with E-state index < -0.39 is 0 Å². The number of carbonyl (C=O) groups excluding carboxylic acids is 1. The van der Waals surface area contributed by atoms with Crippen molar-refractivity contribution in [1.82, 2.24) is 10.2 Å². The Morgan fingerprint density at radius 1 is 1.03 bits per heavy atom. The SMILES string of the molecule is CC(C)C(NC(=O)c1ccc(N)c(C(=N)c2ccc(N3CC(N4CCOCC4)C3)cc2)c1)c1ccccc1Cl. The van der Waals surface area contributed by atoms with Crippen molar-refractivity contribution < 1.29 is 9.53 Å². The van der Waals surface area contributed by atoms with Crippen molar-refractivity contribution >= 4 is 34.6 Å². The Bertz CT molecular complexity index is 1330. The molecule has 1 amide bonds. The average molecular weight is 546 g/mol. The first-order valence-electron chi connectivity index (χ1n) is 13.5. The van der Waals surface area contributed by atoms with Crippen molar-refractivity contribution in [2.45, 2.75) is 25.9 Å². The zero-order valence-corrected chi connectivity index (χ0v) is 23.2. The number of nitrogens with zero attached hydrogens (tertiary/aromatic N) is 2. The van der Waals surface area contributed by atoms with Crippen LogP contribution in [-0.4, -0.2) is 62.0 Å². The van der Waals surface area contributed by atoms with Crippen molar-refractivity contribution in [3.8, 4) is 0 Å². The van der Waals surface area contributed by atoms with Gasteiger partial charge in [0.2, 0.25) is 0 Å². The van der Waals surface area contributed by atoms with Crippen LogP contribution in [0.25, 0.3) is 0 Å². The van der Waals surface area contributed by atoms with Crippen LogP contribution in [0.1, 0.15) is 46.9 Å². The molecule has 2 aliphatic rings. The van der Waals surface area contributed by atoms with Gasteiger partial charge < -0.3 is 20.7 Å². The number of halogens is 1. The van der Waals surface area contributed by atoms with Gasteiger partial charge in [-0.05, 0) is 47.9 Å². The molecule has 7 nitrogen and oxygen atoms in total. The summed E-state index contributed by atoms with van der Waals surface area (Å²) in [5, 5.41) is 12.6. The van der Waals surface area contributed by atoms with E-state index >= 15 is 0 Å². The number of amides is 1. The number of anilines is 2. The summed E-state index contributed by atoms with van der Waals surface area (Å²) in [4.78, 5) is 18.2. The molecule has 0 bridgehead atoms. The van der Waals surface area contributed by atoms with Crippen molar-refractivity contribution in [2.75, 3.05) is 50.0 Å². The predicted molar refractivity (Wildman–Crippen MR) is 158 cm³/mol. The lowest BCUT2D eigenvalue weighted by atomic mass is 9.94. The van der Waals surface area contributed by atoms with Crippen LogP contribution in [0.3, 0.4) is 0 Å². The molecule has 8 heteroatoms. The minimum Gasteiger partial charge on any atom is -0.398 e. The molecule has 4 N–H and O–H groups in total. The molecule has 1 unspecified atom stereocenters. The monoisotopic (exact) mass is 545 g/mol. The van der Waals surface area contributed by atoms with Crippen molar-refractivity contribution in [3.05, 3.63) is 94.0 Å². The lowest BCUT2D eigenvalue weighted by Gasteiger charge is -2.47. The summed E-state index contributed by atoms with van der Waals surface area (Å²) in [6, 6.07) is 21.0. The van der Waals surface area contributed by atoms with Crippen LogP contribution in [0.5, 0.6) is 0 Å². The normalized spacial score (nSPS) is 17.1. The van der Waals surface area contributed by atoms with Gasteiger partial charge in [-0.15, -0.1) is 0 Å². The van der Waals surface area contributed by atoms with Crippen molar-refractivity contribution in [1.29, 1.82) is 5.41 Å². The summed E-state index contributed by atoms with van der Waals surface area (Å²) in [6.07, 6.45) is 0. The fourth-order valence-corrected chi connectivity index (χ4v) is 5.56. The second kappa shape index (κ2) is 11.8. The summed E-state index contributed by atoms with van der Waals surface area (Å²) < 4.78 is 5.47. The van der Waals surface area contributed by atoms with Gasteiger partial charge in [0.1, 0.15) is 0 Å². The lowest BCUT2D eigenvalue weighted by molar-refractivity contribution is 0.0105. The maximum Gasteiger partial charge on any atom is 0.251 e. The molecular formula is C31H36ClN5O2. The van der Waals surface area contributed by atoms with Gasteiger partial charge in [-0.25, -0.2) is 0 Å². The van der Waals surface area contributed by atoms with E-state index in [1.54, 1.807) is 18.2 Å². The molecular weight excluding hydrogens is 510 g/mol. The van der Waals surface area contributed by atoms with Gasteiger partial charge >= 0.3 is 0 Å². The van der Waals surface area contributed by atoms with E-state index in [1.165, 1.54) is 0 Å². The third-order valence-electron chi connectivity index (χ3n) is 7.72. The standard InChI is InChI=1S/C31H36ClN5O2/c1-20(2)30(25-5-3-4-6-27(25)32)35-31(38)22-9-12-28(33)26(17-22)29(34)21-7-10-23(11-8-21)37-18-24(19-37)36-13-15-39-16-14-36/h3-12,17,20,24,30,34H,13-16,18-19,33H2,1-2H3,(H,35,38). The molecule has 0 radical (unpaired) electrons. The first kappa shape index (κ1) is 27.2. The zero-order chi connectivity index (χ0) is 27.5. The first-order chi connectivity index (χ1) is 18.8. The summed E-state index contributed by atoms with van der Waals surface area (Å²) >= 11 is 6.43. The summed E-state index contributed by atoms with van der Waals surface area (Å²) in [7, 11) is 0. The molecule has 39 heavy (non-hydrogen) atoms. The highest BCUT2D eigenvalue weighted by atomic mass is 35.5. The maximum atomic E-state index is 13.3. The molecule has 5 rings (SSSR count). The molecule has 2 aliphatic heterocycles. The number of carbonyl (C=O) groups is 1. The second-order valence-corrected chi connectivity index (χ2v) is 11.1. The van der Waals surface area contributed by atoms with Crippen LogP contribution in [0.4, 0.5) is 11.4 Å². The fraction of sp³-hybridized carbons (Fsp3) is 0.355. The van der Waals surface area contributed by atoms with Crippen molar-refractivity contribution in [3.63, 3.8) is 0 Å². The highest BCUT2D eigenvalue weighted by Crippen LogP contribution is 2.29. The second-order valence-electron chi connectivity index (χ2n) is 10.6. The van der Waals surface area contributed by atoms with Crippen LogP contribution < -0.4 is 16.0 Å². The number of morpholine rings is 1. The number of nitrogens with two attached hydrogens (primary N) is 1. The highest BCUT2D eigenvalue weighted by molar-refractivity contribution is 6.31. The van der Waals surface area contributed by atoms with Crippen LogP contribution in [0.15, 0.2) is 66.7 Å². The lowest BCUT2D eigenvalue weighted by Crippen LogP contribution is -2.61. The molecule has 2 heterocycles. The first-order valence-corrected chi connectivity index (χ1v) is 13.9. The Balaban J connectivity index is 1.27. The fourth-order valence-electron chi connectivity index (χ4n) is 5.30. The van der Waals surface area contributed by atoms with E-state index in [0.717, 1.165) is 56.2 Å². The molecule has 0 spiro atoms. The Morgan fingerprint density at radius 2 is 1.69 bits per heavy atom. The third kappa shape index (κ3) is 5.96. The van der Waals surface area contributed by atoms with Crippen LogP contribution in [-0.2, 0) is 4.74 Å². The van der Waals surface area contributed by atoms with Crippen LogP contribution in [0, 0.1) is 11.3 Å². The molecule has 3 aromatic rings. The minimum atomic E-state index is -0.247. The molecule has 3 aromatic carbocycles. The van der Waals surface area contributed by atoms with Crippen LogP contribution >= 0.6 is 11.6 Å². The number of nitrogen functional groups attached to an aromatic ring is 1. The molecule has 204 valence electrons. The van der Waals surface area contributed by atoms with Crippen LogP contribution in [0.2, 0.25) is 5.02 Å². The van der Waals surface area contributed by atoms with Gasteiger partial charge in [-0.2, -0.15) is 0 Å². The quantitative estimate of drug-likeness (QED) is 0.274. The number of ether oxygens (including phenoxy) is 1. The summed E-state index contributed by atoms with van der Waals surface area (Å²) in [5.41, 5.74) is 10.8. The molecule has 1 atom stereocenters. The Labute approximate surface area is 235 Å². The van der Waals surface area contributed by atoms with E-state index in [9.17, 15) is 4.79 Å². The van der Waals surface area contributed by atoms with Crippen molar-refractivity contribution in [2.24, 2.45) is 5.92 Å². The number of rotatable bonds is 8. The Hall–Kier alpha value is -3.39. The maximum absolute atomic E-state index is 13.3. The van der Waals surface area contributed by atoms with E-state index in [2.05, 4.69) is 27.2 Å². The van der Waals surface area contributed by atoms with E-state index in [-0.39, 0.29) is 23.6 Å². The van der Waals surface area contributed by atoms with Gasteiger partial charge in [0.25, 0.3) is 5.91 Å². The Morgan fingerprint density at radius 3 is 2.36 bits per heavy atom. The molecule has 2 saturated heterocycles. The van der Waals surface area contributed by atoms with Gasteiger partial charge in [0, 0.05) is 65.3 Å². The Kier molecular flexibility index (Phi) is 8.21. The van der Waals surface area contributed by atoms with E-state index in [4.69, 9.17) is 27.5 Å². The molecule has 0 aromatic heterocycles. The van der Waals surface area contributed by atoms with Gasteiger partial charge in [0.15, 0.2) is 0 Å². The zero-order valence-electron chi connectivity index (χ0n) is 22.5. The van der Waals surface area contributed by atoms with Gasteiger partial charge in [-0.1, -0.05) is 55.8 Å². The van der Waals surface area contributed by atoms with Gasteiger partial charge in [-0.3, -0.25) is 15.1 Å². The third-order valence-corrected chi connectivity index (χ3v) is 8.07. The highest BCUT2D eigenvalue weighted by Gasteiger charge is 2.32. The number of hydrogen-bond acceptors (Lipinski definition) is 6. The average Bonchev–Trinajstić information content (AvgIpc) is 2.92. The summed E-state index contributed by atoms with van der Waals surface area (Å²) in [6.45, 7) is 9.75. The predicted octanol–water partition coefficient (Wildman–Crippen LogP) is 4.99. The largest absolute Gasteiger partial charge is 0.398 e. The topological polar surface area (TPSA) is 94.7 Å². The number of nitrogens with one attached hydrogen (secondary N) is 2. The summed E-state index contributed by atoms with van der Waals surface area (Å²) in [5.74, 6) is -0.0971. The molecule has 2 fully saturated rings. The van der Waals surface area contributed by atoms with E-state index in [0.29, 0.717) is 27.9 Å².